The lowest BCUT2D eigenvalue weighted by Gasteiger charge is -2.37. The highest BCUT2D eigenvalue weighted by atomic mass is 35.6. The highest BCUT2D eigenvalue weighted by Gasteiger charge is 2.35. The highest BCUT2D eigenvalue weighted by Crippen LogP contribution is 2.27. The summed E-state index contributed by atoms with van der Waals surface area (Å²) in [6, 6.07) is 7.69. The molecule has 1 aromatic carbocycles. The number of rotatable bonds is 13. The molecule has 3 rings (SSSR count). The average Bonchev–Trinajstić information content (AvgIpc) is 3.00. The van der Waals surface area contributed by atoms with E-state index in [1.165, 1.54) is 11.9 Å². The van der Waals surface area contributed by atoms with Gasteiger partial charge in [0, 0.05) is 25.4 Å². The molecule has 4 atom stereocenters. The van der Waals surface area contributed by atoms with Crippen molar-refractivity contribution in [2.24, 2.45) is 11.3 Å². The van der Waals surface area contributed by atoms with E-state index in [-0.39, 0.29) is 29.1 Å². The third-order valence-electron chi connectivity index (χ3n) is 8.10. The van der Waals surface area contributed by atoms with Crippen LogP contribution >= 0.6 is 34.8 Å². The van der Waals surface area contributed by atoms with E-state index in [0.717, 1.165) is 16.5 Å². The molecule has 0 aliphatic carbocycles. The smallest absolute Gasteiger partial charge is 0.325 e. The average molecular weight is 741 g/mol. The Morgan fingerprint density at radius 1 is 1.12 bits per heavy atom. The number of esters is 2. The van der Waals surface area contributed by atoms with Gasteiger partial charge in [-0.15, -0.1) is 0 Å². The summed E-state index contributed by atoms with van der Waals surface area (Å²) in [7, 11) is 1.90. The van der Waals surface area contributed by atoms with Crippen LogP contribution in [0.25, 0.3) is 17.0 Å². The van der Waals surface area contributed by atoms with Crippen molar-refractivity contribution in [1.82, 2.24) is 25.6 Å². The summed E-state index contributed by atoms with van der Waals surface area (Å²) in [5.74, 6) is -1.68. The van der Waals surface area contributed by atoms with Crippen molar-refractivity contribution in [3.05, 3.63) is 47.7 Å². The van der Waals surface area contributed by atoms with Crippen LogP contribution in [0.1, 0.15) is 78.7 Å². The number of hydrogen-bond acceptors (Lipinski definition) is 9. The molecule has 0 spiro atoms. The fourth-order valence-electron chi connectivity index (χ4n) is 5.88. The van der Waals surface area contributed by atoms with Gasteiger partial charge in [-0.1, -0.05) is 92.8 Å². The van der Waals surface area contributed by atoms with Gasteiger partial charge in [0.05, 0.1) is 17.3 Å². The van der Waals surface area contributed by atoms with Crippen LogP contribution in [0.5, 0.6) is 0 Å². The van der Waals surface area contributed by atoms with Gasteiger partial charge in [-0.25, -0.2) is 10.4 Å². The number of alkyl halides is 3. The van der Waals surface area contributed by atoms with E-state index in [0.29, 0.717) is 31.6 Å². The lowest BCUT2D eigenvalue weighted by molar-refractivity contribution is -0.153. The summed E-state index contributed by atoms with van der Waals surface area (Å²) in [5, 5.41) is 5.19. The molecule has 2 amide bonds. The molecule has 1 saturated heterocycles. The molecule has 11 nitrogen and oxygen atoms in total. The zero-order chi connectivity index (χ0) is 36.7. The van der Waals surface area contributed by atoms with E-state index < -0.39 is 40.6 Å². The topological polar surface area (TPSA) is 130 Å². The van der Waals surface area contributed by atoms with E-state index in [1.807, 2.05) is 62.2 Å². The van der Waals surface area contributed by atoms with Crippen LogP contribution in [-0.2, 0) is 28.7 Å². The predicted molar refractivity (Wildman–Crippen MR) is 193 cm³/mol. The first-order chi connectivity index (χ1) is 22.8. The van der Waals surface area contributed by atoms with Crippen LogP contribution in [0.4, 0.5) is 0 Å². The van der Waals surface area contributed by atoms with Crippen LogP contribution in [-0.4, -0.2) is 87.3 Å². The molecule has 49 heavy (non-hydrogen) atoms. The predicted octanol–water partition coefficient (Wildman–Crippen LogP) is 5.77. The molecule has 1 fully saturated rings. The Morgan fingerprint density at radius 2 is 1.80 bits per heavy atom. The van der Waals surface area contributed by atoms with Crippen LogP contribution in [0.15, 0.2) is 36.4 Å². The fourth-order valence-corrected chi connectivity index (χ4v) is 6.04. The van der Waals surface area contributed by atoms with Crippen LogP contribution in [0.3, 0.4) is 0 Å². The summed E-state index contributed by atoms with van der Waals surface area (Å²) in [5.41, 5.74) is 5.00. The number of ether oxygens (including phenoxy) is 2. The maximum atomic E-state index is 13.6. The largest absolute Gasteiger partial charge is 0.460 e. The Morgan fingerprint density at radius 3 is 2.43 bits per heavy atom. The highest BCUT2D eigenvalue weighted by molar-refractivity contribution is 6.67. The zero-order valence-electron chi connectivity index (χ0n) is 29.4. The Bertz CT molecular complexity index is 1530. The molecule has 0 bridgehead atoms. The number of hydrazine groups is 1. The summed E-state index contributed by atoms with van der Waals surface area (Å²) in [6.07, 6.45) is 4.69. The monoisotopic (exact) mass is 739 g/mol. The van der Waals surface area contributed by atoms with Crippen molar-refractivity contribution in [1.29, 1.82) is 0 Å². The summed E-state index contributed by atoms with van der Waals surface area (Å²) < 4.78 is 8.62. The SMILES string of the molecule is CC(=O)OC(C)c1ccc2ccc(C=CC(C)(C)CN(C)C(C(=O)NC(C)C(=O)N3CCCC(C(=O)OCC(Cl)(Cl)Cl)N3)C(C)C)cc2n1. The minimum absolute atomic E-state index is 0.0487. The van der Waals surface area contributed by atoms with E-state index in [9.17, 15) is 19.2 Å². The third kappa shape index (κ3) is 12.4. The number of hydrogen-bond donors (Lipinski definition) is 2. The first kappa shape index (κ1) is 40.5. The van der Waals surface area contributed by atoms with Crippen LogP contribution in [0, 0.1) is 11.3 Å². The maximum Gasteiger partial charge on any atom is 0.325 e. The second-order valence-electron chi connectivity index (χ2n) is 13.6. The lowest BCUT2D eigenvalue weighted by atomic mass is 9.89. The number of carbonyl (C=O) groups is 4. The first-order valence-electron chi connectivity index (χ1n) is 16.3. The van der Waals surface area contributed by atoms with Gasteiger partial charge >= 0.3 is 11.9 Å². The van der Waals surface area contributed by atoms with Crippen molar-refractivity contribution < 1.29 is 28.7 Å². The molecule has 4 unspecified atom stereocenters. The standard InChI is InChI=1S/C35H48Cl3N5O6/c1-21(2)30(31(45)39-22(3)32(46)43-17-9-10-28(41-43)33(47)48-20-35(36,37)38)42(8)19-34(6,7)16-15-25-11-12-26-13-14-27(40-29(26)18-25)23(4)49-24(5)44/h11-16,18,21-23,28,30,41H,9-10,17,19-20H2,1-8H3,(H,39,45). The van der Waals surface area contributed by atoms with Crippen molar-refractivity contribution in [3.8, 4) is 0 Å². The number of aromatic nitrogens is 1. The summed E-state index contributed by atoms with van der Waals surface area (Å²) in [6.45, 7) is 13.4. The van der Waals surface area contributed by atoms with E-state index in [4.69, 9.17) is 49.3 Å². The molecule has 2 N–H and O–H groups in total. The van der Waals surface area contributed by atoms with Gasteiger partial charge in [0.2, 0.25) is 9.70 Å². The molecular formula is C35H48Cl3N5O6. The van der Waals surface area contributed by atoms with Gasteiger partial charge in [-0.2, -0.15) is 0 Å². The van der Waals surface area contributed by atoms with Crippen LogP contribution in [0.2, 0.25) is 0 Å². The summed E-state index contributed by atoms with van der Waals surface area (Å²) >= 11 is 17.0. The Kier molecular flexibility index (Phi) is 14.3. The normalized spacial score (nSPS) is 17.7. The molecule has 2 aromatic rings. The minimum atomic E-state index is -1.74. The van der Waals surface area contributed by atoms with Crippen molar-refractivity contribution in [2.75, 3.05) is 26.7 Å². The van der Waals surface area contributed by atoms with E-state index >= 15 is 0 Å². The number of likely N-dealkylation sites (N-methyl/N-ethyl adjacent to an activating group) is 1. The maximum absolute atomic E-state index is 13.6. The third-order valence-corrected chi connectivity index (χ3v) is 8.43. The quantitative estimate of drug-likeness (QED) is 0.194. The molecule has 0 saturated carbocycles. The molecule has 270 valence electrons. The fraction of sp³-hybridized carbons (Fsp3) is 0.571. The van der Waals surface area contributed by atoms with E-state index in [2.05, 4.69) is 30.7 Å². The second kappa shape index (κ2) is 17.3. The van der Waals surface area contributed by atoms with Crippen molar-refractivity contribution >= 4 is 75.5 Å². The van der Waals surface area contributed by atoms with Gasteiger partial charge < -0.3 is 14.8 Å². The molecular weight excluding hydrogens is 693 g/mol. The van der Waals surface area contributed by atoms with Gasteiger partial charge in [-0.05, 0) is 62.8 Å². The number of nitrogens with one attached hydrogen (secondary N) is 2. The van der Waals surface area contributed by atoms with Crippen molar-refractivity contribution in [2.45, 2.75) is 89.3 Å². The number of fused-ring (bicyclic) bond motifs is 1. The van der Waals surface area contributed by atoms with Gasteiger partial charge in [0.1, 0.15) is 24.8 Å². The molecule has 2 heterocycles. The van der Waals surface area contributed by atoms with Gasteiger partial charge in [-0.3, -0.25) is 29.1 Å². The zero-order valence-corrected chi connectivity index (χ0v) is 31.7. The van der Waals surface area contributed by atoms with Crippen LogP contribution < -0.4 is 10.7 Å². The Balaban J connectivity index is 1.63. The summed E-state index contributed by atoms with van der Waals surface area (Å²) in [4.78, 5) is 57.4. The molecule has 0 radical (unpaired) electrons. The number of benzene rings is 1. The van der Waals surface area contributed by atoms with Gasteiger partial charge in [0.25, 0.3) is 5.91 Å². The number of nitrogens with zero attached hydrogens (tertiary/aromatic N) is 3. The second-order valence-corrected chi connectivity index (χ2v) is 16.1. The number of halogens is 3. The molecule has 1 aliphatic heterocycles. The molecule has 14 heteroatoms. The number of carbonyl (C=O) groups excluding carboxylic acids is 4. The molecule has 1 aromatic heterocycles. The number of pyridine rings is 1. The van der Waals surface area contributed by atoms with Gasteiger partial charge in [0.15, 0.2) is 0 Å². The lowest BCUT2D eigenvalue weighted by Crippen LogP contribution is -2.61. The minimum Gasteiger partial charge on any atom is -0.460 e. The Hall–Kier alpha value is -2.96. The number of amides is 2. The molecule has 1 aliphatic rings. The van der Waals surface area contributed by atoms with E-state index in [1.54, 1.807) is 13.8 Å². The Labute approximate surface area is 303 Å². The van der Waals surface area contributed by atoms with Crippen molar-refractivity contribution in [3.63, 3.8) is 0 Å². The first-order valence-corrected chi connectivity index (χ1v) is 17.5.